The predicted octanol–water partition coefficient (Wildman–Crippen LogP) is 8.78. The van der Waals surface area contributed by atoms with E-state index in [1.807, 2.05) is 31.2 Å². The van der Waals surface area contributed by atoms with Crippen molar-refractivity contribution < 1.29 is 13.9 Å². The zero-order valence-corrected chi connectivity index (χ0v) is 27.7. The van der Waals surface area contributed by atoms with Crippen LogP contribution in [0.4, 0.5) is 4.39 Å². The van der Waals surface area contributed by atoms with Gasteiger partial charge in [-0.25, -0.2) is 9.18 Å². The lowest BCUT2D eigenvalue weighted by atomic mass is 9.75. The summed E-state index contributed by atoms with van der Waals surface area (Å²) in [5.74, 6) is -0.576. The summed E-state index contributed by atoms with van der Waals surface area (Å²) < 4.78 is 23.2. The number of ether oxygens (including phenoxy) is 1. The maximum absolute atomic E-state index is 16.4. The third kappa shape index (κ3) is 5.10. The number of aromatic nitrogens is 1. The van der Waals surface area contributed by atoms with Gasteiger partial charge in [0.25, 0.3) is 5.56 Å². The average molecular weight is 649 g/mol. The zero-order valence-electron chi connectivity index (χ0n) is 27.7. The first-order valence-corrected chi connectivity index (χ1v) is 17.0. The van der Waals surface area contributed by atoms with Crippen molar-refractivity contribution in [3.05, 3.63) is 182 Å². The van der Waals surface area contributed by atoms with Crippen LogP contribution in [0.2, 0.25) is 0 Å². The molecule has 4 aromatic carbocycles. The molecule has 0 spiro atoms. The molecule has 0 amide bonds. The van der Waals surface area contributed by atoms with Crippen LogP contribution in [0.5, 0.6) is 0 Å². The largest absolute Gasteiger partial charge is 0.462 e. The van der Waals surface area contributed by atoms with Gasteiger partial charge in [-0.2, -0.15) is 0 Å². The summed E-state index contributed by atoms with van der Waals surface area (Å²) in [6.07, 6.45) is 3.71. The molecule has 1 aliphatic carbocycles. The van der Waals surface area contributed by atoms with Gasteiger partial charge in [0.1, 0.15) is 11.4 Å². The molecule has 0 bridgehead atoms. The van der Waals surface area contributed by atoms with Crippen LogP contribution in [0, 0.1) is 12.7 Å². The van der Waals surface area contributed by atoms with E-state index in [2.05, 4.69) is 83.8 Å². The van der Waals surface area contributed by atoms with Crippen molar-refractivity contribution in [1.29, 1.82) is 0 Å². The number of nitrogens with zero attached hydrogens (tertiary/aromatic N) is 2. The molecule has 0 saturated heterocycles. The Hall–Kier alpha value is -5.33. The zero-order chi connectivity index (χ0) is 33.7. The number of fused-ring (bicyclic) bond motifs is 2. The van der Waals surface area contributed by atoms with E-state index in [1.54, 1.807) is 29.7 Å². The first-order chi connectivity index (χ1) is 23.9. The van der Waals surface area contributed by atoms with Crippen LogP contribution in [0.3, 0.4) is 0 Å². The Morgan fingerprint density at radius 2 is 1.43 bits per heavy atom. The topological polar surface area (TPSA) is 51.0 Å². The van der Waals surface area contributed by atoms with Gasteiger partial charge in [-0.3, -0.25) is 14.1 Å². The summed E-state index contributed by atoms with van der Waals surface area (Å²) in [4.78, 5) is 28.6. The first kappa shape index (κ1) is 31.0. The quantitative estimate of drug-likeness (QED) is 0.122. The fourth-order valence-electron chi connectivity index (χ4n) is 7.91. The highest BCUT2D eigenvalue weighted by Gasteiger charge is 2.45. The van der Waals surface area contributed by atoms with Gasteiger partial charge >= 0.3 is 5.97 Å². The lowest BCUT2D eigenvalue weighted by molar-refractivity contribution is 0.0524. The molecule has 6 aromatic rings. The fourth-order valence-corrected chi connectivity index (χ4v) is 7.91. The number of pyridine rings is 2. The summed E-state index contributed by atoms with van der Waals surface area (Å²) >= 11 is 0. The molecule has 244 valence electrons. The highest BCUT2D eigenvalue weighted by atomic mass is 19.1. The molecular weight excluding hydrogens is 611 g/mol. The van der Waals surface area contributed by atoms with Crippen molar-refractivity contribution in [2.45, 2.75) is 51.2 Å². The summed E-state index contributed by atoms with van der Waals surface area (Å²) in [6.45, 7) is 4.90. The number of carbonyl (C=O) groups is 1. The standard InChI is InChI=1S/C43H37FN2O3/c1-3-49-42(48)37-25-36(29-19-20-29)40-28(2)35(21-22-46(40)41(37)47)30-23-31-26-45(27-38(31)39(44)24-30)43(32-13-7-4-8-14-32,33-15-9-5-10-16-33)34-17-11-6-12-18-34/h4-18,21-25,29H,3,19-20,26-27H2,1-2H3. The minimum Gasteiger partial charge on any atom is -0.462 e. The van der Waals surface area contributed by atoms with Crippen molar-refractivity contribution in [2.75, 3.05) is 6.61 Å². The van der Waals surface area contributed by atoms with E-state index in [-0.39, 0.29) is 23.9 Å². The lowest BCUT2D eigenvalue weighted by Crippen LogP contribution is -2.45. The number of halogens is 1. The number of aryl methyl sites for hydroxylation is 1. The SMILES string of the molecule is CCOC(=O)c1cc(C2CC2)c2c(C)c(-c3cc(F)c4c(c3)CN(C(c3ccccc3)(c3ccccc3)c3ccccc3)C4)ccn2c1=O. The van der Waals surface area contributed by atoms with Gasteiger partial charge in [-0.1, -0.05) is 91.0 Å². The lowest BCUT2D eigenvalue weighted by Gasteiger charge is -2.43. The van der Waals surface area contributed by atoms with Gasteiger partial charge in [0, 0.05) is 24.8 Å². The Kier molecular flexibility index (Phi) is 7.76. The molecule has 2 aliphatic rings. The van der Waals surface area contributed by atoms with Crippen molar-refractivity contribution in [3.8, 4) is 11.1 Å². The number of hydrogen-bond acceptors (Lipinski definition) is 4. The second-order valence-electron chi connectivity index (χ2n) is 13.1. The Balaban J connectivity index is 1.26. The number of esters is 1. The van der Waals surface area contributed by atoms with E-state index in [1.165, 1.54) is 0 Å². The van der Waals surface area contributed by atoms with Crippen LogP contribution in [0.15, 0.2) is 126 Å². The van der Waals surface area contributed by atoms with Gasteiger partial charge in [0.15, 0.2) is 0 Å². The van der Waals surface area contributed by atoms with Gasteiger partial charge in [0.05, 0.1) is 17.7 Å². The highest BCUT2D eigenvalue weighted by Crippen LogP contribution is 2.48. The second kappa shape index (κ2) is 12.3. The molecule has 1 aliphatic heterocycles. The van der Waals surface area contributed by atoms with Crippen LogP contribution in [-0.4, -0.2) is 21.9 Å². The van der Waals surface area contributed by atoms with Crippen LogP contribution < -0.4 is 5.56 Å². The molecule has 0 N–H and O–H groups in total. The molecular formula is C43H37FN2O3. The van der Waals surface area contributed by atoms with Gasteiger partial charge in [-0.15, -0.1) is 0 Å². The summed E-state index contributed by atoms with van der Waals surface area (Å²) in [5, 5.41) is 0. The smallest absolute Gasteiger partial charge is 0.343 e. The number of benzene rings is 4. The average Bonchev–Trinajstić information content (AvgIpc) is 3.89. The Labute approximate surface area is 285 Å². The second-order valence-corrected chi connectivity index (χ2v) is 13.1. The third-order valence-corrected chi connectivity index (χ3v) is 10.3. The third-order valence-electron chi connectivity index (χ3n) is 10.3. The van der Waals surface area contributed by atoms with Crippen molar-refractivity contribution in [3.63, 3.8) is 0 Å². The van der Waals surface area contributed by atoms with E-state index in [0.29, 0.717) is 18.7 Å². The van der Waals surface area contributed by atoms with Crippen LogP contribution in [0.25, 0.3) is 16.6 Å². The van der Waals surface area contributed by atoms with E-state index >= 15 is 4.39 Å². The highest BCUT2D eigenvalue weighted by molar-refractivity contribution is 5.91. The molecule has 0 atom stereocenters. The Morgan fingerprint density at radius 3 is 1.98 bits per heavy atom. The van der Waals surface area contributed by atoms with Crippen LogP contribution in [0.1, 0.15) is 75.0 Å². The van der Waals surface area contributed by atoms with E-state index in [9.17, 15) is 9.59 Å². The van der Waals surface area contributed by atoms with Gasteiger partial charge < -0.3 is 4.74 Å². The first-order valence-electron chi connectivity index (χ1n) is 17.0. The molecule has 1 saturated carbocycles. The molecule has 6 heteroatoms. The van der Waals surface area contributed by atoms with Crippen LogP contribution in [-0.2, 0) is 23.4 Å². The Morgan fingerprint density at radius 1 is 0.837 bits per heavy atom. The van der Waals surface area contributed by atoms with E-state index in [4.69, 9.17) is 4.74 Å². The number of rotatable bonds is 8. The number of hydrogen-bond donors (Lipinski definition) is 0. The maximum Gasteiger partial charge on any atom is 0.343 e. The molecule has 2 aromatic heterocycles. The summed E-state index contributed by atoms with van der Waals surface area (Å²) in [6, 6.07) is 38.8. The van der Waals surface area contributed by atoms with Crippen molar-refractivity contribution in [1.82, 2.24) is 9.30 Å². The molecule has 1 fully saturated rings. The van der Waals surface area contributed by atoms with Crippen LogP contribution >= 0.6 is 0 Å². The van der Waals surface area contributed by atoms with Gasteiger partial charge in [0.2, 0.25) is 0 Å². The van der Waals surface area contributed by atoms with Gasteiger partial charge in [-0.05, 0) is 101 Å². The number of carbonyl (C=O) groups excluding carboxylic acids is 1. The molecule has 3 heterocycles. The van der Waals surface area contributed by atoms with E-state index in [0.717, 1.165) is 62.9 Å². The molecule has 5 nitrogen and oxygen atoms in total. The fraction of sp³-hybridized carbons (Fsp3) is 0.209. The predicted molar refractivity (Wildman–Crippen MR) is 190 cm³/mol. The molecule has 0 unspecified atom stereocenters. The minimum absolute atomic E-state index is 0.0517. The van der Waals surface area contributed by atoms with E-state index < -0.39 is 17.1 Å². The molecule has 8 rings (SSSR count). The monoisotopic (exact) mass is 648 g/mol. The molecule has 0 radical (unpaired) electrons. The minimum atomic E-state index is -0.661. The summed E-state index contributed by atoms with van der Waals surface area (Å²) in [5.41, 5.74) is 8.26. The normalized spacial score (nSPS) is 14.6. The maximum atomic E-state index is 16.4. The molecule has 49 heavy (non-hydrogen) atoms. The van der Waals surface area contributed by atoms with Crippen molar-refractivity contribution >= 4 is 11.5 Å². The summed E-state index contributed by atoms with van der Waals surface area (Å²) in [7, 11) is 0. The Bertz CT molecular complexity index is 2160. The van der Waals surface area contributed by atoms with Crippen molar-refractivity contribution in [2.24, 2.45) is 0 Å².